The van der Waals surface area contributed by atoms with Crippen molar-refractivity contribution in [2.45, 2.75) is 70.9 Å². The lowest BCUT2D eigenvalue weighted by Crippen LogP contribution is -2.48. The molecule has 0 bridgehead atoms. The number of aryl methyl sites for hydroxylation is 1. The molecule has 8 rings (SSSR count). The molecule has 14 heteroatoms. The number of nitrogens with zero attached hydrogens (tertiary/aromatic N) is 4. The molecule has 2 N–H and O–H groups in total. The first-order chi connectivity index (χ1) is 31.8. The lowest BCUT2D eigenvalue weighted by molar-refractivity contribution is -0.155. The summed E-state index contributed by atoms with van der Waals surface area (Å²) in [6.07, 6.45) is 7.71. The number of ether oxygens (including phenoxy) is 4. The topological polar surface area (TPSA) is 182 Å². The fraction of sp³-hybridized carbons (Fsp3) is 0.288. The lowest BCUT2D eigenvalue weighted by atomic mass is 9.98. The number of imide groups is 1. The average molecular weight is 890 g/mol. The number of aromatic nitrogens is 3. The van der Waals surface area contributed by atoms with E-state index in [0.29, 0.717) is 39.1 Å². The molecular formula is C52H51N5O9. The monoisotopic (exact) mass is 889 g/mol. The molecule has 1 atom stereocenters. The van der Waals surface area contributed by atoms with E-state index in [1.54, 1.807) is 45.3 Å². The molecule has 1 aliphatic heterocycles. The van der Waals surface area contributed by atoms with E-state index in [1.165, 1.54) is 6.07 Å². The van der Waals surface area contributed by atoms with E-state index >= 15 is 0 Å². The van der Waals surface area contributed by atoms with Crippen LogP contribution < -0.4 is 15.2 Å². The van der Waals surface area contributed by atoms with Gasteiger partial charge in [-0.3, -0.25) is 33.9 Å². The smallest absolute Gasteiger partial charge is 0.306 e. The Labute approximate surface area is 382 Å². The van der Waals surface area contributed by atoms with Gasteiger partial charge in [-0.15, -0.1) is 0 Å². The van der Waals surface area contributed by atoms with Gasteiger partial charge in [-0.2, -0.15) is 5.10 Å². The van der Waals surface area contributed by atoms with Crippen LogP contribution in [0, 0.1) is 0 Å². The van der Waals surface area contributed by atoms with Crippen molar-refractivity contribution < 1.29 is 42.9 Å². The number of nitrogens with two attached hydrogens (primary N) is 1. The number of pyridine rings is 1. The van der Waals surface area contributed by atoms with E-state index in [-0.39, 0.29) is 42.1 Å². The Kier molecular flexibility index (Phi) is 13.5. The Morgan fingerprint density at radius 1 is 0.727 bits per heavy atom. The molecule has 0 saturated carbocycles. The number of fused-ring (bicyclic) bond motifs is 2. The van der Waals surface area contributed by atoms with Crippen LogP contribution in [0.4, 0.5) is 0 Å². The minimum absolute atomic E-state index is 0.0544. The second-order valence-electron chi connectivity index (χ2n) is 17.2. The van der Waals surface area contributed by atoms with Gasteiger partial charge in [0.1, 0.15) is 28.8 Å². The van der Waals surface area contributed by atoms with Gasteiger partial charge >= 0.3 is 5.97 Å². The zero-order valence-corrected chi connectivity index (χ0v) is 37.2. The summed E-state index contributed by atoms with van der Waals surface area (Å²) in [7, 11) is 0. The van der Waals surface area contributed by atoms with Crippen molar-refractivity contribution in [1.29, 1.82) is 0 Å². The van der Waals surface area contributed by atoms with Crippen LogP contribution in [0.5, 0.6) is 11.5 Å². The number of ketones is 1. The minimum atomic E-state index is -1.32. The van der Waals surface area contributed by atoms with Gasteiger partial charge in [-0.1, -0.05) is 48.5 Å². The van der Waals surface area contributed by atoms with Crippen molar-refractivity contribution in [1.82, 2.24) is 19.7 Å². The maximum Gasteiger partial charge on any atom is 0.306 e. The largest absolute Gasteiger partial charge is 0.494 e. The number of hydrogen-bond donors (Lipinski definition) is 1. The molecule has 3 amide bonds. The molecule has 338 valence electrons. The molecular weight excluding hydrogens is 839 g/mol. The van der Waals surface area contributed by atoms with Gasteiger partial charge in [-0.05, 0) is 104 Å². The van der Waals surface area contributed by atoms with Crippen LogP contribution in [0.2, 0.25) is 0 Å². The van der Waals surface area contributed by atoms with E-state index in [0.717, 1.165) is 67.4 Å². The summed E-state index contributed by atoms with van der Waals surface area (Å²) < 4.78 is 24.9. The maximum atomic E-state index is 13.5. The molecule has 0 spiro atoms. The fourth-order valence-corrected chi connectivity index (χ4v) is 8.13. The van der Waals surface area contributed by atoms with Gasteiger partial charge in [0.2, 0.25) is 5.91 Å². The van der Waals surface area contributed by atoms with Crippen molar-refractivity contribution in [2.75, 3.05) is 26.4 Å². The van der Waals surface area contributed by atoms with Crippen molar-refractivity contribution in [3.05, 3.63) is 138 Å². The Hall–Kier alpha value is -7.45. The molecule has 6 aromatic rings. The van der Waals surface area contributed by atoms with Crippen LogP contribution >= 0.6 is 0 Å². The Balaban J connectivity index is 0.779. The number of amides is 3. The van der Waals surface area contributed by atoms with Crippen LogP contribution in [0.1, 0.15) is 89.5 Å². The highest BCUT2D eigenvalue weighted by Crippen LogP contribution is 2.36. The second-order valence-corrected chi connectivity index (χ2v) is 17.2. The standard InChI is InChI=1S/C52H51N5O9/c1-52(2,3)66-46(59)22-20-43(49(53)60)57-50(61)41-7-4-8-45(47(41)51(57)62)65-30-6-28-63-27-5-29-64-39-17-11-34(12-18-39)33-9-15-38(16-10-33)56-32-42(48(55-56)35-23-25-54-26-24-35)37-13-19-40-36(31-37)14-21-44(40)58/h4,7-13,15-19,23-26,31-32,43H,5-6,14,20-22,27-30H2,1-3H3,(H2,53,60). The number of primary amides is 1. The van der Waals surface area contributed by atoms with Crippen LogP contribution in [0.25, 0.3) is 39.2 Å². The number of Topliss-reactive ketones (excluding diaryl/α,β-unsaturated/α-hetero) is 1. The highest BCUT2D eigenvalue weighted by molar-refractivity contribution is 6.24. The van der Waals surface area contributed by atoms with Gasteiger partial charge in [-0.25, -0.2) is 4.68 Å². The number of carbonyl (C=O) groups is 5. The highest BCUT2D eigenvalue weighted by Gasteiger charge is 2.44. The third-order valence-electron chi connectivity index (χ3n) is 11.3. The predicted octanol–water partition coefficient (Wildman–Crippen LogP) is 8.22. The van der Waals surface area contributed by atoms with Crippen LogP contribution in [0.3, 0.4) is 0 Å². The fourth-order valence-electron chi connectivity index (χ4n) is 8.13. The first kappa shape index (κ1) is 45.1. The molecule has 2 aliphatic rings. The van der Waals surface area contributed by atoms with Crippen LogP contribution in [0.15, 0.2) is 116 Å². The lowest BCUT2D eigenvalue weighted by Gasteiger charge is -2.24. The van der Waals surface area contributed by atoms with Gasteiger partial charge in [0.25, 0.3) is 11.8 Å². The van der Waals surface area contributed by atoms with Gasteiger partial charge in [0, 0.05) is 74.2 Å². The summed E-state index contributed by atoms with van der Waals surface area (Å²) in [4.78, 5) is 68.7. The predicted molar refractivity (Wildman–Crippen MR) is 246 cm³/mol. The number of rotatable bonds is 19. The maximum absolute atomic E-state index is 13.5. The minimum Gasteiger partial charge on any atom is -0.494 e. The Morgan fingerprint density at radius 3 is 2.11 bits per heavy atom. The van der Waals surface area contributed by atoms with Gasteiger partial charge < -0.3 is 24.7 Å². The van der Waals surface area contributed by atoms with E-state index in [2.05, 4.69) is 23.2 Å². The molecule has 14 nitrogen and oxygen atoms in total. The van der Waals surface area contributed by atoms with Crippen LogP contribution in [-0.4, -0.2) is 87.2 Å². The number of hydrogen-bond acceptors (Lipinski definition) is 11. The normalized spacial score (nSPS) is 13.7. The van der Waals surface area contributed by atoms with Crippen molar-refractivity contribution in [3.63, 3.8) is 0 Å². The summed E-state index contributed by atoms with van der Waals surface area (Å²) in [6.45, 7) is 6.72. The molecule has 2 aromatic heterocycles. The molecule has 0 radical (unpaired) electrons. The first-order valence-corrected chi connectivity index (χ1v) is 22.1. The molecule has 3 heterocycles. The van der Waals surface area contributed by atoms with Crippen molar-refractivity contribution in [3.8, 4) is 50.7 Å². The molecule has 1 unspecified atom stereocenters. The third-order valence-corrected chi connectivity index (χ3v) is 11.3. The SMILES string of the molecule is CC(C)(C)OC(=O)CCC(C(N)=O)N1C(=O)c2cccc(OCCCOCCCOc3ccc(-c4ccc(-n5cc(-c6ccc7c(c6)CCC7=O)c(-c6ccncc6)n5)cc4)cc3)c2C1=O. The Bertz CT molecular complexity index is 2760. The summed E-state index contributed by atoms with van der Waals surface area (Å²) >= 11 is 0. The summed E-state index contributed by atoms with van der Waals surface area (Å²) in [5, 5.41) is 5.01. The Morgan fingerprint density at radius 2 is 1.41 bits per heavy atom. The zero-order valence-electron chi connectivity index (χ0n) is 37.2. The molecule has 1 aliphatic carbocycles. The average Bonchev–Trinajstić information content (AvgIpc) is 3.99. The highest BCUT2D eigenvalue weighted by atomic mass is 16.6. The van der Waals surface area contributed by atoms with Crippen molar-refractivity contribution >= 4 is 29.5 Å². The first-order valence-electron chi connectivity index (χ1n) is 22.1. The number of esters is 1. The summed E-state index contributed by atoms with van der Waals surface area (Å²) in [6, 6.07) is 29.5. The van der Waals surface area contributed by atoms with Gasteiger partial charge in [0.05, 0.1) is 30.0 Å². The van der Waals surface area contributed by atoms with E-state index in [1.807, 2.05) is 71.5 Å². The number of carbonyl (C=O) groups excluding carboxylic acids is 5. The summed E-state index contributed by atoms with van der Waals surface area (Å²) in [5.41, 5.74) is 13.7. The van der Waals surface area contributed by atoms with E-state index in [9.17, 15) is 24.0 Å². The van der Waals surface area contributed by atoms with Gasteiger partial charge in [0.15, 0.2) is 5.78 Å². The molecule has 4 aromatic carbocycles. The van der Waals surface area contributed by atoms with Crippen LogP contribution in [-0.2, 0) is 25.5 Å². The molecule has 66 heavy (non-hydrogen) atoms. The zero-order chi connectivity index (χ0) is 46.4. The number of benzene rings is 4. The van der Waals surface area contributed by atoms with Crippen molar-refractivity contribution in [2.24, 2.45) is 5.73 Å². The molecule has 0 fully saturated rings. The quantitative estimate of drug-likeness (QED) is 0.0470. The van der Waals surface area contributed by atoms with E-state index in [4.69, 9.17) is 29.8 Å². The third kappa shape index (κ3) is 10.2. The molecule has 0 saturated heterocycles. The van der Waals surface area contributed by atoms with E-state index < -0.39 is 35.3 Å². The second kappa shape index (κ2) is 19.7. The summed E-state index contributed by atoms with van der Waals surface area (Å²) in [5.74, 6) is -1.69.